The van der Waals surface area contributed by atoms with Crippen molar-refractivity contribution < 1.29 is 9.84 Å². The van der Waals surface area contributed by atoms with Gasteiger partial charge in [-0.3, -0.25) is 0 Å². The van der Waals surface area contributed by atoms with Crippen LogP contribution in [-0.4, -0.2) is 11.7 Å². The molecule has 0 amide bonds. The Labute approximate surface area is 71.8 Å². The maximum Gasteiger partial charge on any atom is 0.125 e. The summed E-state index contributed by atoms with van der Waals surface area (Å²) in [6.07, 6.45) is 0.976. The molecule has 0 unspecified atom stereocenters. The quantitative estimate of drug-likeness (QED) is 0.680. The first-order valence-corrected chi connectivity index (χ1v) is 4.17. The average Bonchev–Trinajstić information content (AvgIpc) is 2.52. The lowest BCUT2D eigenvalue weighted by molar-refractivity contribution is 0.281. The van der Waals surface area contributed by atoms with Gasteiger partial charge in [-0.25, -0.2) is 0 Å². The molecule has 1 aliphatic rings. The van der Waals surface area contributed by atoms with Crippen molar-refractivity contribution in [1.29, 1.82) is 0 Å². The van der Waals surface area contributed by atoms with E-state index in [1.807, 2.05) is 19.1 Å². The summed E-state index contributed by atoms with van der Waals surface area (Å²) in [6, 6.07) is 4.00. The van der Waals surface area contributed by atoms with Crippen LogP contribution in [0.2, 0.25) is 0 Å². The SMILES string of the molecule is Cc1cc(CO)cc2c1OCC2. The standard InChI is InChI=1S/C10H12O2/c1-7-4-8(6-11)5-9-2-3-12-10(7)9/h4-5,11H,2-3,6H2,1H3. The summed E-state index contributed by atoms with van der Waals surface area (Å²) in [4.78, 5) is 0. The minimum absolute atomic E-state index is 0.119. The smallest absolute Gasteiger partial charge is 0.125 e. The lowest BCUT2D eigenvalue weighted by atomic mass is 10.0. The largest absolute Gasteiger partial charge is 0.493 e. The molecular formula is C10H12O2. The fourth-order valence-corrected chi connectivity index (χ4v) is 1.67. The fourth-order valence-electron chi connectivity index (χ4n) is 1.67. The van der Waals surface area contributed by atoms with Crippen LogP contribution < -0.4 is 4.74 Å². The van der Waals surface area contributed by atoms with Crippen LogP contribution in [0.25, 0.3) is 0 Å². The molecule has 1 N–H and O–H groups in total. The van der Waals surface area contributed by atoms with Gasteiger partial charge in [-0.1, -0.05) is 6.07 Å². The normalized spacial score (nSPS) is 14.2. The molecule has 0 saturated carbocycles. The summed E-state index contributed by atoms with van der Waals surface area (Å²) in [7, 11) is 0. The maximum absolute atomic E-state index is 8.95. The predicted molar refractivity (Wildman–Crippen MR) is 46.3 cm³/mol. The van der Waals surface area contributed by atoms with Crippen LogP contribution in [0.1, 0.15) is 16.7 Å². The second-order valence-electron chi connectivity index (χ2n) is 3.16. The van der Waals surface area contributed by atoms with E-state index in [-0.39, 0.29) is 6.61 Å². The summed E-state index contributed by atoms with van der Waals surface area (Å²) in [6.45, 7) is 2.92. The zero-order chi connectivity index (χ0) is 8.55. The Morgan fingerprint density at radius 3 is 3.08 bits per heavy atom. The van der Waals surface area contributed by atoms with Gasteiger partial charge in [0, 0.05) is 6.42 Å². The Morgan fingerprint density at radius 2 is 2.33 bits per heavy atom. The fraction of sp³-hybridized carbons (Fsp3) is 0.400. The van der Waals surface area contributed by atoms with Gasteiger partial charge in [0.15, 0.2) is 0 Å². The lowest BCUT2D eigenvalue weighted by Gasteiger charge is -2.05. The summed E-state index contributed by atoms with van der Waals surface area (Å²) < 4.78 is 5.45. The van der Waals surface area contributed by atoms with E-state index in [0.29, 0.717) is 0 Å². The lowest BCUT2D eigenvalue weighted by Crippen LogP contribution is -1.89. The van der Waals surface area contributed by atoms with Gasteiger partial charge in [0.2, 0.25) is 0 Å². The van der Waals surface area contributed by atoms with E-state index in [2.05, 4.69) is 0 Å². The van der Waals surface area contributed by atoms with E-state index in [1.165, 1.54) is 5.56 Å². The highest BCUT2D eigenvalue weighted by atomic mass is 16.5. The number of ether oxygens (including phenoxy) is 1. The van der Waals surface area contributed by atoms with E-state index >= 15 is 0 Å². The number of aryl methyl sites for hydroxylation is 1. The van der Waals surface area contributed by atoms with Crippen LogP contribution >= 0.6 is 0 Å². The summed E-state index contributed by atoms with van der Waals surface area (Å²) in [5.41, 5.74) is 3.35. The van der Waals surface area contributed by atoms with Crippen LogP contribution in [0.5, 0.6) is 5.75 Å². The molecule has 0 bridgehead atoms. The van der Waals surface area contributed by atoms with Crippen molar-refractivity contribution in [2.24, 2.45) is 0 Å². The first-order valence-electron chi connectivity index (χ1n) is 4.17. The summed E-state index contributed by atoms with van der Waals surface area (Å²) >= 11 is 0. The minimum atomic E-state index is 0.119. The Hall–Kier alpha value is -1.02. The van der Waals surface area contributed by atoms with Crippen LogP contribution in [0.3, 0.4) is 0 Å². The zero-order valence-corrected chi connectivity index (χ0v) is 7.13. The number of aliphatic hydroxyl groups is 1. The monoisotopic (exact) mass is 164 g/mol. The molecule has 0 atom stereocenters. The second-order valence-corrected chi connectivity index (χ2v) is 3.16. The predicted octanol–water partition coefficient (Wildman–Crippen LogP) is 1.42. The molecule has 0 fully saturated rings. The average molecular weight is 164 g/mol. The number of fused-ring (bicyclic) bond motifs is 1. The van der Waals surface area contributed by atoms with E-state index in [4.69, 9.17) is 9.84 Å². The molecule has 12 heavy (non-hydrogen) atoms. The third-order valence-electron chi connectivity index (χ3n) is 2.21. The van der Waals surface area contributed by atoms with Crippen LogP contribution in [0, 0.1) is 6.92 Å². The Balaban J connectivity index is 2.51. The van der Waals surface area contributed by atoms with Crippen molar-refractivity contribution in [3.63, 3.8) is 0 Å². The van der Waals surface area contributed by atoms with Crippen molar-refractivity contribution in [1.82, 2.24) is 0 Å². The second kappa shape index (κ2) is 2.79. The highest BCUT2D eigenvalue weighted by molar-refractivity contribution is 5.46. The molecule has 64 valence electrons. The summed E-state index contributed by atoms with van der Waals surface area (Å²) in [5, 5.41) is 8.95. The van der Waals surface area contributed by atoms with Gasteiger partial charge in [0.25, 0.3) is 0 Å². The molecule has 1 aromatic carbocycles. The molecule has 2 heteroatoms. The van der Waals surface area contributed by atoms with Crippen molar-refractivity contribution in [2.75, 3.05) is 6.61 Å². The molecule has 2 nitrogen and oxygen atoms in total. The number of hydrogen-bond acceptors (Lipinski definition) is 2. The first-order chi connectivity index (χ1) is 5.81. The van der Waals surface area contributed by atoms with Gasteiger partial charge in [-0.15, -0.1) is 0 Å². The number of aliphatic hydroxyl groups excluding tert-OH is 1. The molecule has 0 saturated heterocycles. The molecule has 0 spiro atoms. The van der Waals surface area contributed by atoms with Crippen molar-refractivity contribution in [3.05, 3.63) is 28.8 Å². The molecule has 1 aromatic rings. The molecule has 1 aliphatic heterocycles. The molecular weight excluding hydrogens is 152 g/mol. The van der Waals surface area contributed by atoms with Crippen molar-refractivity contribution in [3.8, 4) is 5.75 Å². The van der Waals surface area contributed by atoms with E-state index in [1.54, 1.807) is 0 Å². The van der Waals surface area contributed by atoms with Crippen molar-refractivity contribution in [2.45, 2.75) is 20.0 Å². The number of hydrogen-bond donors (Lipinski definition) is 1. The Morgan fingerprint density at radius 1 is 1.50 bits per heavy atom. The number of rotatable bonds is 1. The van der Waals surface area contributed by atoms with Crippen LogP contribution in [0.4, 0.5) is 0 Å². The number of benzene rings is 1. The molecule has 0 aliphatic carbocycles. The van der Waals surface area contributed by atoms with Gasteiger partial charge in [0.1, 0.15) is 5.75 Å². The van der Waals surface area contributed by atoms with Crippen LogP contribution in [0.15, 0.2) is 12.1 Å². The highest BCUT2D eigenvalue weighted by Gasteiger charge is 2.14. The highest BCUT2D eigenvalue weighted by Crippen LogP contribution is 2.30. The zero-order valence-electron chi connectivity index (χ0n) is 7.13. The first kappa shape index (κ1) is 7.62. The maximum atomic E-state index is 8.95. The third kappa shape index (κ3) is 1.08. The topological polar surface area (TPSA) is 29.5 Å². The van der Waals surface area contributed by atoms with Gasteiger partial charge >= 0.3 is 0 Å². The van der Waals surface area contributed by atoms with Crippen molar-refractivity contribution >= 4 is 0 Å². The summed E-state index contributed by atoms with van der Waals surface area (Å²) in [5.74, 6) is 1.02. The van der Waals surface area contributed by atoms with Gasteiger partial charge in [-0.2, -0.15) is 0 Å². The molecule has 0 aromatic heterocycles. The van der Waals surface area contributed by atoms with Gasteiger partial charge in [-0.05, 0) is 29.7 Å². The Bertz CT molecular complexity index is 305. The van der Waals surface area contributed by atoms with E-state index in [9.17, 15) is 0 Å². The van der Waals surface area contributed by atoms with Crippen LogP contribution in [-0.2, 0) is 13.0 Å². The third-order valence-corrected chi connectivity index (χ3v) is 2.21. The molecule has 2 rings (SSSR count). The Kier molecular flexibility index (Phi) is 1.77. The van der Waals surface area contributed by atoms with E-state index in [0.717, 1.165) is 29.9 Å². The minimum Gasteiger partial charge on any atom is -0.493 e. The molecule has 0 radical (unpaired) electrons. The molecule has 1 heterocycles. The van der Waals surface area contributed by atoms with Gasteiger partial charge < -0.3 is 9.84 Å². The van der Waals surface area contributed by atoms with Gasteiger partial charge in [0.05, 0.1) is 13.2 Å². The van der Waals surface area contributed by atoms with E-state index < -0.39 is 0 Å².